The molecule has 110 valence electrons. The minimum absolute atomic E-state index is 0.292. The van der Waals surface area contributed by atoms with Crippen molar-refractivity contribution in [3.8, 4) is 0 Å². The van der Waals surface area contributed by atoms with E-state index in [1.807, 2.05) is 0 Å². The summed E-state index contributed by atoms with van der Waals surface area (Å²) in [6.07, 6.45) is 0. The van der Waals surface area contributed by atoms with Gasteiger partial charge in [0.15, 0.2) is 11.6 Å². The molecule has 0 spiro atoms. The van der Waals surface area contributed by atoms with Crippen LogP contribution in [0.15, 0.2) is 12.1 Å². The first-order chi connectivity index (χ1) is 9.10. The van der Waals surface area contributed by atoms with Crippen LogP contribution in [0.1, 0.15) is 20.8 Å². The molecule has 6 nitrogen and oxygen atoms in total. The maximum atomic E-state index is 13.1. The molecule has 0 aliphatic heterocycles. The van der Waals surface area contributed by atoms with E-state index in [2.05, 4.69) is 5.32 Å². The van der Waals surface area contributed by atoms with Crippen LogP contribution in [0.3, 0.4) is 0 Å². The van der Waals surface area contributed by atoms with E-state index in [0.717, 1.165) is 0 Å². The lowest BCUT2D eigenvalue weighted by molar-refractivity contribution is -0.384. The minimum Gasteiger partial charge on any atom is -0.459 e. The molecular formula is C12H14F2N2O4. The number of nitro benzene ring substituents is 1. The molecule has 0 bridgehead atoms. The van der Waals surface area contributed by atoms with E-state index in [1.54, 1.807) is 20.8 Å². The van der Waals surface area contributed by atoms with Crippen molar-refractivity contribution in [2.24, 2.45) is 0 Å². The minimum atomic E-state index is -1.33. The molecule has 1 rings (SSSR count). The number of rotatable bonds is 4. The maximum Gasteiger partial charge on any atom is 0.325 e. The SMILES string of the molecule is CC(C)(C)OC(=O)CNc1cc(F)c(F)cc1[N+](=O)[O-]. The molecule has 1 aromatic rings. The average Bonchev–Trinajstić information content (AvgIpc) is 2.27. The Labute approximate surface area is 113 Å². The monoisotopic (exact) mass is 288 g/mol. The Bertz CT molecular complexity index is 541. The van der Waals surface area contributed by atoms with Crippen LogP contribution in [0.25, 0.3) is 0 Å². The van der Waals surface area contributed by atoms with Crippen molar-refractivity contribution >= 4 is 17.3 Å². The fourth-order valence-corrected chi connectivity index (χ4v) is 1.37. The normalized spacial score (nSPS) is 11.1. The third-order valence-electron chi connectivity index (χ3n) is 2.08. The van der Waals surface area contributed by atoms with Crippen LogP contribution in [0.5, 0.6) is 0 Å². The smallest absolute Gasteiger partial charge is 0.325 e. The molecule has 20 heavy (non-hydrogen) atoms. The summed E-state index contributed by atoms with van der Waals surface area (Å²) in [6, 6.07) is 1.07. The lowest BCUT2D eigenvalue weighted by atomic mass is 10.2. The van der Waals surface area contributed by atoms with Gasteiger partial charge in [-0.15, -0.1) is 0 Å². The number of hydrogen-bond donors (Lipinski definition) is 1. The van der Waals surface area contributed by atoms with Gasteiger partial charge in [-0.3, -0.25) is 14.9 Å². The molecule has 0 fully saturated rings. The summed E-state index contributed by atoms with van der Waals surface area (Å²) < 4.78 is 31.0. The number of hydrogen-bond acceptors (Lipinski definition) is 5. The standard InChI is InChI=1S/C12H14F2N2O4/c1-12(2,3)20-11(17)6-15-9-4-7(13)8(14)5-10(9)16(18)19/h4-5,15H,6H2,1-3H3. The summed E-state index contributed by atoms with van der Waals surface area (Å²) in [6.45, 7) is 4.57. The Balaban J connectivity index is 2.85. The molecule has 0 aliphatic rings. The third-order valence-corrected chi connectivity index (χ3v) is 2.08. The van der Waals surface area contributed by atoms with Crippen molar-refractivity contribution in [2.45, 2.75) is 26.4 Å². The third kappa shape index (κ3) is 4.45. The molecule has 0 heterocycles. The van der Waals surface area contributed by atoms with Crippen molar-refractivity contribution in [1.82, 2.24) is 0 Å². The first-order valence-corrected chi connectivity index (χ1v) is 5.69. The fourth-order valence-electron chi connectivity index (χ4n) is 1.37. The molecule has 0 saturated heterocycles. The lowest BCUT2D eigenvalue weighted by Gasteiger charge is -2.19. The highest BCUT2D eigenvalue weighted by Crippen LogP contribution is 2.27. The molecule has 8 heteroatoms. The van der Waals surface area contributed by atoms with Crippen LogP contribution in [-0.4, -0.2) is 23.0 Å². The summed E-state index contributed by atoms with van der Waals surface area (Å²) in [5, 5.41) is 13.1. The number of carbonyl (C=O) groups is 1. The molecule has 0 saturated carbocycles. The van der Waals surface area contributed by atoms with Gasteiger partial charge in [0.25, 0.3) is 5.69 Å². The van der Waals surface area contributed by atoms with Gasteiger partial charge < -0.3 is 10.1 Å². The number of carbonyl (C=O) groups excluding carboxylic acids is 1. The Morgan fingerprint density at radius 3 is 2.40 bits per heavy atom. The average molecular weight is 288 g/mol. The quantitative estimate of drug-likeness (QED) is 0.523. The Hall–Kier alpha value is -2.25. The van der Waals surface area contributed by atoms with Crippen LogP contribution in [0.2, 0.25) is 0 Å². The zero-order chi connectivity index (χ0) is 15.5. The van der Waals surface area contributed by atoms with E-state index in [0.29, 0.717) is 12.1 Å². The topological polar surface area (TPSA) is 81.5 Å². The zero-order valence-corrected chi connectivity index (χ0v) is 11.2. The number of ether oxygens (including phenoxy) is 1. The van der Waals surface area contributed by atoms with Gasteiger partial charge in [-0.1, -0.05) is 0 Å². The largest absolute Gasteiger partial charge is 0.459 e. The van der Waals surface area contributed by atoms with E-state index in [9.17, 15) is 23.7 Å². The number of nitro groups is 1. The molecule has 0 aliphatic carbocycles. The highest BCUT2D eigenvalue weighted by atomic mass is 19.2. The van der Waals surface area contributed by atoms with Gasteiger partial charge in [0.2, 0.25) is 0 Å². The molecule has 1 N–H and O–H groups in total. The first-order valence-electron chi connectivity index (χ1n) is 5.69. The van der Waals surface area contributed by atoms with Crippen LogP contribution in [0.4, 0.5) is 20.2 Å². The predicted molar refractivity (Wildman–Crippen MR) is 67.3 cm³/mol. The van der Waals surface area contributed by atoms with Gasteiger partial charge >= 0.3 is 5.97 Å². The van der Waals surface area contributed by atoms with Gasteiger partial charge in [-0.05, 0) is 20.8 Å². The van der Waals surface area contributed by atoms with Gasteiger partial charge in [-0.25, -0.2) is 8.78 Å². The molecule has 0 amide bonds. The van der Waals surface area contributed by atoms with Crippen molar-refractivity contribution in [3.63, 3.8) is 0 Å². The second-order valence-electron chi connectivity index (χ2n) is 4.98. The Morgan fingerprint density at radius 2 is 1.90 bits per heavy atom. The lowest BCUT2D eigenvalue weighted by Crippen LogP contribution is -2.28. The van der Waals surface area contributed by atoms with Crippen LogP contribution >= 0.6 is 0 Å². The molecule has 0 radical (unpaired) electrons. The highest BCUT2D eigenvalue weighted by Gasteiger charge is 2.21. The van der Waals surface area contributed by atoms with Crippen LogP contribution in [0, 0.1) is 21.7 Å². The molecule has 1 aromatic carbocycles. The number of nitrogens with zero attached hydrogens (tertiary/aromatic N) is 1. The van der Waals surface area contributed by atoms with Crippen molar-refractivity contribution in [3.05, 3.63) is 33.9 Å². The highest BCUT2D eigenvalue weighted by molar-refractivity contribution is 5.77. The van der Waals surface area contributed by atoms with Crippen molar-refractivity contribution in [1.29, 1.82) is 0 Å². The summed E-state index contributed by atoms with van der Waals surface area (Å²) in [4.78, 5) is 21.3. The van der Waals surface area contributed by atoms with E-state index in [4.69, 9.17) is 4.74 Å². The van der Waals surface area contributed by atoms with E-state index in [-0.39, 0.29) is 5.69 Å². The van der Waals surface area contributed by atoms with Gasteiger partial charge in [0.05, 0.1) is 11.0 Å². The molecule has 0 aromatic heterocycles. The van der Waals surface area contributed by atoms with Crippen LogP contribution < -0.4 is 5.32 Å². The van der Waals surface area contributed by atoms with Gasteiger partial charge in [0, 0.05) is 6.07 Å². The van der Waals surface area contributed by atoms with Crippen molar-refractivity contribution in [2.75, 3.05) is 11.9 Å². The maximum absolute atomic E-state index is 13.1. The summed E-state index contributed by atoms with van der Waals surface area (Å²) >= 11 is 0. The van der Waals surface area contributed by atoms with Gasteiger partial charge in [-0.2, -0.15) is 0 Å². The van der Waals surface area contributed by atoms with Gasteiger partial charge in [0.1, 0.15) is 17.8 Å². The molecule has 0 atom stereocenters. The predicted octanol–water partition coefficient (Wildman–Crippen LogP) is 2.63. The number of benzene rings is 1. The van der Waals surface area contributed by atoms with Crippen LogP contribution in [-0.2, 0) is 9.53 Å². The number of nitrogens with one attached hydrogen (secondary N) is 1. The van der Waals surface area contributed by atoms with Crippen molar-refractivity contribution < 1.29 is 23.2 Å². The first kappa shape index (κ1) is 15.8. The molecule has 0 unspecified atom stereocenters. The number of halogens is 2. The number of anilines is 1. The second kappa shape index (κ2) is 5.81. The second-order valence-corrected chi connectivity index (χ2v) is 4.98. The fraction of sp³-hybridized carbons (Fsp3) is 0.417. The summed E-state index contributed by atoms with van der Waals surface area (Å²) in [7, 11) is 0. The Kier molecular flexibility index (Phi) is 4.59. The summed E-state index contributed by atoms with van der Waals surface area (Å²) in [5.41, 5.74) is -1.66. The summed E-state index contributed by atoms with van der Waals surface area (Å²) in [5.74, 6) is -3.25. The van der Waals surface area contributed by atoms with E-state index < -0.39 is 40.4 Å². The van der Waals surface area contributed by atoms with E-state index in [1.165, 1.54) is 0 Å². The Morgan fingerprint density at radius 1 is 1.35 bits per heavy atom. The molecular weight excluding hydrogens is 274 g/mol. The number of esters is 1. The zero-order valence-electron chi connectivity index (χ0n) is 11.2. The van der Waals surface area contributed by atoms with E-state index >= 15 is 0 Å².